The average Bonchev–Trinajstić information content (AvgIpc) is 3.28. The standard InChI is InChI=1S/C21H23N5O4S/c1-16(27)17-8-10-18(11-9-17)31(29,30)25(2)14-4-7-20(28)24-19-6-3-12-22-21(19)26-15-5-13-23-26/h3,5-6,8-13,15H,4,7,14H2,1-2H3,(H,24,28). The summed E-state index contributed by atoms with van der Waals surface area (Å²) in [7, 11) is -2.24. The van der Waals surface area contributed by atoms with Crippen LogP contribution in [0.15, 0.2) is 66.0 Å². The van der Waals surface area contributed by atoms with E-state index in [1.165, 1.54) is 42.5 Å². The van der Waals surface area contributed by atoms with E-state index in [0.717, 1.165) is 0 Å². The second-order valence-electron chi connectivity index (χ2n) is 6.88. The van der Waals surface area contributed by atoms with Crippen LogP contribution in [0, 0.1) is 0 Å². The Labute approximate surface area is 180 Å². The third-order valence-corrected chi connectivity index (χ3v) is 6.50. The minimum Gasteiger partial charge on any atom is -0.323 e. The van der Waals surface area contributed by atoms with E-state index >= 15 is 0 Å². The summed E-state index contributed by atoms with van der Waals surface area (Å²) in [5.41, 5.74) is 0.964. The summed E-state index contributed by atoms with van der Waals surface area (Å²) in [4.78, 5) is 28.1. The van der Waals surface area contributed by atoms with E-state index in [1.54, 1.807) is 41.5 Å². The average molecular weight is 442 g/mol. The molecule has 9 nitrogen and oxygen atoms in total. The predicted molar refractivity (Wildman–Crippen MR) is 115 cm³/mol. The Kier molecular flexibility index (Phi) is 6.93. The van der Waals surface area contributed by atoms with Crippen LogP contribution in [0.1, 0.15) is 30.1 Å². The molecule has 162 valence electrons. The molecule has 1 aromatic carbocycles. The molecule has 3 rings (SSSR count). The Hall–Kier alpha value is -3.37. The number of sulfonamides is 1. The molecule has 1 N–H and O–H groups in total. The number of nitrogens with zero attached hydrogens (tertiary/aromatic N) is 4. The van der Waals surface area contributed by atoms with Crippen LogP contribution in [0.3, 0.4) is 0 Å². The van der Waals surface area contributed by atoms with Crippen LogP contribution in [-0.2, 0) is 14.8 Å². The number of aromatic nitrogens is 3. The Morgan fingerprint density at radius 3 is 2.48 bits per heavy atom. The fraction of sp³-hybridized carbons (Fsp3) is 0.238. The van der Waals surface area contributed by atoms with E-state index in [4.69, 9.17) is 0 Å². The minimum atomic E-state index is -3.71. The van der Waals surface area contributed by atoms with E-state index in [9.17, 15) is 18.0 Å². The molecule has 3 aromatic rings. The normalized spacial score (nSPS) is 11.5. The number of amides is 1. The summed E-state index contributed by atoms with van der Waals surface area (Å²) in [6.45, 7) is 1.59. The van der Waals surface area contributed by atoms with Crippen LogP contribution in [-0.4, -0.2) is 52.8 Å². The van der Waals surface area contributed by atoms with Gasteiger partial charge in [0.15, 0.2) is 11.6 Å². The maximum absolute atomic E-state index is 12.7. The van der Waals surface area contributed by atoms with E-state index in [0.29, 0.717) is 23.5 Å². The van der Waals surface area contributed by atoms with Gasteiger partial charge in [-0.3, -0.25) is 9.59 Å². The zero-order valence-corrected chi connectivity index (χ0v) is 18.0. The third kappa shape index (κ3) is 5.41. The van der Waals surface area contributed by atoms with Gasteiger partial charge >= 0.3 is 0 Å². The molecule has 0 radical (unpaired) electrons. The van der Waals surface area contributed by atoms with Crippen LogP contribution >= 0.6 is 0 Å². The fourth-order valence-corrected chi connectivity index (χ4v) is 4.12. The summed E-state index contributed by atoms with van der Waals surface area (Å²) in [5.74, 6) is 0.111. The second-order valence-corrected chi connectivity index (χ2v) is 8.93. The van der Waals surface area contributed by atoms with Crippen LogP contribution < -0.4 is 5.32 Å². The predicted octanol–water partition coefficient (Wildman–Crippen LogP) is 2.51. The molecule has 0 saturated heterocycles. The molecule has 2 aromatic heterocycles. The van der Waals surface area contributed by atoms with Gasteiger partial charge in [-0.25, -0.2) is 22.4 Å². The Balaban J connectivity index is 1.56. The number of rotatable bonds is 9. The smallest absolute Gasteiger partial charge is 0.242 e. The van der Waals surface area contributed by atoms with Crippen molar-refractivity contribution in [1.29, 1.82) is 0 Å². The summed E-state index contributed by atoms with van der Waals surface area (Å²) in [6.07, 6.45) is 5.42. The first-order valence-electron chi connectivity index (χ1n) is 9.61. The lowest BCUT2D eigenvalue weighted by Crippen LogP contribution is -2.28. The monoisotopic (exact) mass is 441 g/mol. The van der Waals surface area contributed by atoms with E-state index in [-0.39, 0.29) is 29.6 Å². The number of carbonyl (C=O) groups is 2. The highest BCUT2D eigenvalue weighted by Gasteiger charge is 2.21. The molecule has 31 heavy (non-hydrogen) atoms. The highest BCUT2D eigenvalue weighted by Crippen LogP contribution is 2.18. The number of nitrogens with one attached hydrogen (secondary N) is 1. The molecule has 0 fully saturated rings. The van der Waals surface area contributed by atoms with Gasteiger partial charge in [0.25, 0.3) is 0 Å². The maximum atomic E-state index is 12.7. The van der Waals surface area contributed by atoms with Crippen LogP contribution in [0.4, 0.5) is 5.69 Å². The van der Waals surface area contributed by atoms with Crippen molar-refractivity contribution in [2.24, 2.45) is 0 Å². The van der Waals surface area contributed by atoms with Gasteiger partial charge in [0, 0.05) is 44.2 Å². The lowest BCUT2D eigenvalue weighted by Gasteiger charge is -2.17. The highest BCUT2D eigenvalue weighted by molar-refractivity contribution is 7.89. The van der Waals surface area contributed by atoms with E-state index < -0.39 is 10.0 Å². The van der Waals surface area contributed by atoms with Crippen molar-refractivity contribution < 1.29 is 18.0 Å². The topological polar surface area (TPSA) is 114 Å². The molecule has 2 heterocycles. The van der Waals surface area contributed by atoms with Crippen molar-refractivity contribution in [2.45, 2.75) is 24.7 Å². The van der Waals surface area contributed by atoms with Crippen molar-refractivity contribution >= 4 is 27.4 Å². The molecule has 1 amide bonds. The van der Waals surface area contributed by atoms with Gasteiger partial charge in [-0.15, -0.1) is 0 Å². The summed E-state index contributed by atoms with van der Waals surface area (Å²) < 4.78 is 28.1. The molecule has 0 atom stereocenters. The van der Waals surface area contributed by atoms with E-state index in [2.05, 4.69) is 15.4 Å². The molecule has 0 aliphatic carbocycles. The summed E-state index contributed by atoms with van der Waals surface area (Å²) >= 11 is 0. The van der Waals surface area contributed by atoms with Gasteiger partial charge in [0.1, 0.15) is 0 Å². The number of pyridine rings is 1. The SMILES string of the molecule is CC(=O)c1ccc(S(=O)(=O)N(C)CCCC(=O)Nc2cccnc2-n2cccn2)cc1. The largest absolute Gasteiger partial charge is 0.323 e. The quantitative estimate of drug-likeness (QED) is 0.510. The first kappa shape index (κ1) is 22.3. The van der Waals surface area contributed by atoms with Crippen LogP contribution in [0.2, 0.25) is 0 Å². The fourth-order valence-electron chi connectivity index (χ4n) is 2.91. The first-order chi connectivity index (χ1) is 14.8. The maximum Gasteiger partial charge on any atom is 0.242 e. The number of benzene rings is 1. The molecular formula is C21H23N5O4S. The van der Waals surface area contributed by atoms with Gasteiger partial charge in [0.2, 0.25) is 15.9 Å². The van der Waals surface area contributed by atoms with Crippen LogP contribution in [0.5, 0.6) is 0 Å². The first-order valence-corrected chi connectivity index (χ1v) is 11.1. The number of ketones is 1. The number of carbonyl (C=O) groups excluding carboxylic acids is 2. The zero-order chi connectivity index (χ0) is 22.4. The van der Waals surface area contributed by atoms with Gasteiger partial charge in [0.05, 0.1) is 10.6 Å². The van der Waals surface area contributed by atoms with Crippen molar-refractivity contribution in [3.8, 4) is 5.82 Å². The van der Waals surface area contributed by atoms with Crippen LogP contribution in [0.25, 0.3) is 5.82 Å². The Bertz CT molecular complexity index is 1160. The van der Waals surface area contributed by atoms with Crippen molar-refractivity contribution in [3.63, 3.8) is 0 Å². The van der Waals surface area contributed by atoms with Crippen molar-refractivity contribution in [2.75, 3.05) is 18.9 Å². The highest BCUT2D eigenvalue weighted by atomic mass is 32.2. The van der Waals surface area contributed by atoms with Crippen molar-refractivity contribution in [3.05, 3.63) is 66.6 Å². The number of anilines is 1. The lowest BCUT2D eigenvalue weighted by molar-refractivity contribution is -0.116. The van der Waals surface area contributed by atoms with E-state index in [1.807, 2.05) is 0 Å². The number of Topliss-reactive ketones (excluding diaryl/α,β-unsaturated/α-hetero) is 1. The molecule has 0 bridgehead atoms. The zero-order valence-electron chi connectivity index (χ0n) is 17.2. The minimum absolute atomic E-state index is 0.101. The lowest BCUT2D eigenvalue weighted by atomic mass is 10.2. The summed E-state index contributed by atoms with van der Waals surface area (Å²) in [5, 5.41) is 6.92. The number of hydrogen-bond acceptors (Lipinski definition) is 6. The molecule has 0 unspecified atom stereocenters. The van der Waals surface area contributed by atoms with Gasteiger partial charge in [-0.05, 0) is 43.7 Å². The third-order valence-electron chi connectivity index (χ3n) is 4.63. The Morgan fingerprint density at radius 2 is 1.84 bits per heavy atom. The molecule has 10 heteroatoms. The molecule has 0 spiro atoms. The van der Waals surface area contributed by atoms with Gasteiger partial charge in [-0.1, -0.05) is 12.1 Å². The molecular weight excluding hydrogens is 418 g/mol. The van der Waals surface area contributed by atoms with Gasteiger partial charge in [-0.2, -0.15) is 5.10 Å². The Morgan fingerprint density at radius 1 is 1.10 bits per heavy atom. The second kappa shape index (κ2) is 9.63. The summed E-state index contributed by atoms with van der Waals surface area (Å²) in [6, 6.07) is 11.0. The van der Waals surface area contributed by atoms with Gasteiger partial charge < -0.3 is 5.32 Å². The molecule has 0 aliphatic rings. The molecule has 0 aliphatic heterocycles. The number of hydrogen-bond donors (Lipinski definition) is 1. The molecule has 0 saturated carbocycles. The van der Waals surface area contributed by atoms with Crippen molar-refractivity contribution in [1.82, 2.24) is 19.1 Å².